The summed E-state index contributed by atoms with van der Waals surface area (Å²) >= 11 is 0. The lowest BCUT2D eigenvalue weighted by atomic mass is 9.48. The van der Waals surface area contributed by atoms with E-state index in [9.17, 15) is 9.90 Å². The second kappa shape index (κ2) is 6.97. The predicted octanol–water partition coefficient (Wildman–Crippen LogP) is 3.13. The van der Waals surface area contributed by atoms with Crippen molar-refractivity contribution in [1.29, 1.82) is 0 Å². The minimum Gasteiger partial charge on any atom is -0.493 e. The summed E-state index contributed by atoms with van der Waals surface area (Å²) < 4.78 is 21.4. The van der Waals surface area contributed by atoms with Crippen LogP contribution >= 0.6 is 0 Å². The predicted molar refractivity (Wildman–Crippen MR) is 105 cm³/mol. The number of nitrogens with zero attached hydrogens (tertiary/aromatic N) is 2. The van der Waals surface area contributed by atoms with Gasteiger partial charge in [0.15, 0.2) is 18.1 Å². The first kappa shape index (κ1) is 19.4. The number of carbonyl (C=O) groups is 1. The number of benzene rings is 1. The Balaban J connectivity index is 1.27. The van der Waals surface area contributed by atoms with Gasteiger partial charge < -0.3 is 23.8 Å². The van der Waals surface area contributed by atoms with Crippen LogP contribution in [0.5, 0.6) is 11.5 Å². The van der Waals surface area contributed by atoms with Crippen molar-refractivity contribution in [2.75, 3.05) is 14.2 Å². The topological polar surface area (TPSA) is 104 Å². The fourth-order valence-corrected chi connectivity index (χ4v) is 6.14. The molecule has 4 aliphatic rings. The molecule has 0 aliphatic heterocycles. The molecule has 0 spiro atoms. The molecule has 1 aromatic heterocycles. The highest BCUT2D eigenvalue weighted by Crippen LogP contribution is 2.62. The van der Waals surface area contributed by atoms with E-state index in [1.54, 1.807) is 32.4 Å². The van der Waals surface area contributed by atoms with Crippen LogP contribution in [0.1, 0.15) is 44.4 Å². The fourth-order valence-electron chi connectivity index (χ4n) is 6.14. The Morgan fingerprint density at radius 2 is 1.90 bits per heavy atom. The Labute approximate surface area is 174 Å². The molecule has 4 atom stereocenters. The highest BCUT2D eigenvalue weighted by molar-refractivity contribution is 5.77. The first-order valence-electron chi connectivity index (χ1n) is 10.4. The third kappa shape index (κ3) is 3.23. The Morgan fingerprint density at radius 3 is 2.57 bits per heavy atom. The van der Waals surface area contributed by atoms with Gasteiger partial charge in [-0.3, -0.25) is 4.79 Å². The van der Waals surface area contributed by atoms with Crippen LogP contribution in [-0.2, 0) is 16.1 Å². The second-order valence-electron chi connectivity index (χ2n) is 9.12. The molecule has 160 valence electrons. The van der Waals surface area contributed by atoms with E-state index in [1.807, 2.05) is 0 Å². The van der Waals surface area contributed by atoms with Gasteiger partial charge in [-0.2, -0.15) is 4.98 Å². The Bertz CT molecular complexity index is 956. The molecule has 1 N–H and O–H groups in total. The molecule has 0 saturated heterocycles. The number of aliphatic hydroxyl groups is 1. The van der Waals surface area contributed by atoms with Crippen LogP contribution in [0, 0.1) is 17.3 Å². The summed E-state index contributed by atoms with van der Waals surface area (Å²) in [7, 11) is 3.13. The zero-order valence-electron chi connectivity index (χ0n) is 17.2. The molecule has 0 amide bonds. The van der Waals surface area contributed by atoms with Crippen molar-refractivity contribution in [2.24, 2.45) is 17.3 Å². The number of aromatic nitrogens is 2. The summed E-state index contributed by atoms with van der Waals surface area (Å²) in [5.41, 5.74) is -0.559. The van der Waals surface area contributed by atoms with Crippen LogP contribution in [-0.4, -0.2) is 41.0 Å². The minimum atomic E-state index is -0.700. The van der Waals surface area contributed by atoms with Crippen LogP contribution < -0.4 is 9.47 Å². The molecular formula is C22H26N2O6. The quantitative estimate of drug-likeness (QED) is 0.719. The van der Waals surface area contributed by atoms with E-state index in [0.717, 1.165) is 32.1 Å². The van der Waals surface area contributed by atoms with E-state index in [2.05, 4.69) is 10.1 Å². The number of methoxy groups -OCH3 is 2. The summed E-state index contributed by atoms with van der Waals surface area (Å²) in [5, 5.41) is 14.8. The molecule has 6 rings (SSSR count). The van der Waals surface area contributed by atoms with Gasteiger partial charge in [0, 0.05) is 5.56 Å². The van der Waals surface area contributed by atoms with Crippen molar-refractivity contribution in [2.45, 2.75) is 50.7 Å². The zero-order chi connectivity index (χ0) is 20.9. The lowest BCUT2D eigenvalue weighted by Gasteiger charge is -2.58. The van der Waals surface area contributed by atoms with Crippen LogP contribution in [0.15, 0.2) is 22.7 Å². The highest BCUT2D eigenvalue weighted by Gasteiger charge is 2.60. The molecule has 1 aromatic carbocycles. The van der Waals surface area contributed by atoms with Gasteiger partial charge in [-0.05, 0) is 68.6 Å². The summed E-state index contributed by atoms with van der Waals surface area (Å²) in [4.78, 5) is 17.3. The van der Waals surface area contributed by atoms with Gasteiger partial charge in [-0.25, -0.2) is 0 Å². The Kier molecular flexibility index (Phi) is 4.50. The van der Waals surface area contributed by atoms with E-state index >= 15 is 0 Å². The van der Waals surface area contributed by atoms with Crippen LogP contribution in [0.2, 0.25) is 0 Å². The maximum Gasteiger partial charge on any atom is 0.312 e. The van der Waals surface area contributed by atoms with Crippen LogP contribution in [0.25, 0.3) is 11.4 Å². The number of esters is 1. The number of carbonyl (C=O) groups excluding carboxylic acids is 1. The maximum atomic E-state index is 13.0. The van der Waals surface area contributed by atoms with Crippen molar-refractivity contribution in [1.82, 2.24) is 10.1 Å². The zero-order valence-corrected chi connectivity index (χ0v) is 17.2. The van der Waals surface area contributed by atoms with Gasteiger partial charge in [-0.15, -0.1) is 0 Å². The van der Waals surface area contributed by atoms with Crippen molar-refractivity contribution in [3.05, 3.63) is 24.1 Å². The molecule has 2 unspecified atom stereocenters. The molecular weight excluding hydrogens is 388 g/mol. The van der Waals surface area contributed by atoms with E-state index in [4.69, 9.17) is 18.7 Å². The van der Waals surface area contributed by atoms with Gasteiger partial charge >= 0.3 is 5.97 Å². The Morgan fingerprint density at radius 1 is 1.17 bits per heavy atom. The Hall–Kier alpha value is -2.61. The first-order chi connectivity index (χ1) is 14.4. The van der Waals surface area contributed by atoms with Crippen molar-refractivity contribution < 1.29 is 28.6 Å². The molecule has 8 nitrogen and oxygen atoms in total. The lowest BCUT2D eigenvalue weighted by molar-refractivity contribution is -0.197. The summed E-state index contributed by atoms with van der Waals surface area (Å²) in [6.45, 7) is -0.0748. The molecule has 8 heteroatoms. The van der Waals surface area contributed by atoms with Gasteiger partial charge in [0.25, 0.3) is 5.89 Å². The fraction of sp³-hybridized carbons (Fsp3) is 0.591. The number of rotatable bonds is 6. The van der Waals surface area contributed by atoms with Crippen molar-refractivity contribution in [3.8, 4) is 22.9 Å². The molecule has 0 radical (unpaired) electrons. The molecule has 1 heterocycles. The van der Waals surface area contributed by atoms with E-state index in [0.29, 0.717) is 41.1 Å². The summed E-state index contributed by atoms with van der Waals surface area (Å²) in [5.74, 6) is 2.37. The van der Waals surface area contributed by atoms with Gasteiger partial charge in [0.2, 0.25) is 5.82 Å². The third-order valence-corrected chi connectivity index (χ3v) is 6.90. The molecule has 2 aromatic rings. The normalized spacial score (nSPS) is 31.6. The maximum absolute atomic E-state index is 13.0. The van der Waals surface area contributed by atoms with Crippen LogP contribution in [0.3, 0.4) is 0 Å². The minimum absolute atomic E-state index is 0.0748. The van der Waals surface area contributed by atoms with Crippen LogP contribution in [0.4, 0.5) is 0 Å². The number of hydrogen-bond donors (Lipinski definition) is 1. The van der Waals surface area contributed by atoms with Gasteiger partial charge in [0.1, 0.15) is 0 Å². The van der Waals surface area contributed by atoms with E-state index in [-0.39, 0.29) is 18.5 Å². The summed E-state index contributed by atoms with van der Waals surface area (Å²) in [6, 6.07) is 5.33. The average Bonchev–Trinajstić information content (AvgIpc) is 3.18. The number of ether oxygens (including phenoxy) is 3. The molecule has 4 saturated carbocycles. The first-order valence-corrected chi connectivity index (χ1v) is 10.4. The molecule has 4 bridgehead atoms. The molecule has 4 fully saturated rings. The second-order valence-corrected chi connectivity index (χ2v) is 9.12. The van der Waals surface area contributed by atoms with Crippen molar-refractivity contribution in [3.63, 3.8) is 0 Å². The summed E-state index contributed by atoms with van der Waals surface area (Å²) in [6.07, 6.45) is 4.88. The smallest absolute Gasteiger partial charge is 0.312 e. The highest BCUT2D eigenvalue weighted by atomic mass is 16.6. The molecule has 30 heavy (non-hydrogen) atoms. The SMILES string of the molecule is COc1ccc(-c2noc(COC(=O)C34C[C@@H]5C[C@@H](CC(O)(C5)C3)C4)n2)cc1OC. The third-order valence-electron chi connectivity index (χ3n) is 6.90. The van der Waals surface area contributed by atoms with Crippen molar-refractivity contribution >= 4 is 5.97 Å². The lowest BCUT2D eigenvalue weighted by Crippen LogP contribution is -2.58. The average molecular weight is 414 g/mol. The molecule has 4 aliphatic carbocycles. The van der Waals surface area contributed by atoms with E-state index in [1.165, 1.54) is 0 Å². The standard InChI is InChI=1S/C22H26N2O6/c1-27-16-4-3-15(6-17(16)28-2)19-23-18(30-24-19)11-29-20(25)21-7-13-5-14(8-21)10-22(26,9-13)12-21/h3-4,6,13-14,26H,5,7-12H2,1-2H3/t13-,14+,21?,22?. The number of hydrogen-bond acceptors (Lipinski definition) is 8. The van der Waals surface area contributed by atoms with E-state index < -0.39 is 11.0 Å². The van der Waals surface area contributed by atoms with Gasteiger partial charge in [0.05, 0.1) is 25.2 Å². The van der Waals surface area contributed by atoms with Gasteiger partial charge in [-0.1, -0.05) is 5.16 Å². The monoisotopic (exact) mass is 414 g/mol. The largest absolute Gasteiger partial charge is 0.493 e.